The van der Waals surface area contributed by atoms with Crippen LogP contribution in [0.5, 0.6) is 5.75 Å². The molecule has 0 amide bonds. The van der Waals surface area contributed by atoms with Crippen LogP contribution in [-0.4, -0.2) is 43.6 Å². The summed E-state index contributed by atoms with van der Waals surface area (Å²) in [7, 11) is -1.95. The lowest BCUT2D eigenvalue weighted by Crippen LogP contribution is -2.44. The highest BCUT2D eigenvalue weighted by Gasteiger charge is 2.50. The molecule has 0 unspecified atom stereocenters. The number of benzene rings is 1. The second kappa shape index (κ2) is 6.89. The van der Waals surface area contributed by atoms with E-state index in [1.165, 1.54) is 0 Å². The number of fused-ring (bicyclic) bond motifs is 1. The van der Waals surface area contributed by atoms with Crippen molar-refractivity contribution in [3.63, 3.8) is 0 Å². The van der Waals surface area contributed by atoms with Crippen LogP contribution in [0, 0.1) is 11.8 Å². The molecule has 0 spiro atoms. The molecule has 0 radical (unpaired) electrons. The number of ether oxygens (including phenoxy) is 1. The van der Waals surface area contributed by atoms with E-state index in [1.54, 1.807) is 29.6 Å². The number of aliphatic hydroxyl groups is 1. The lowest BCUT2D eigenvalue weighted by atomic mass is 9.69. The normalized spacial score (nSPS) is 30.2. The Morgan fingerprint density at radius 1 is 1.32 bits per heavy atom. The van der Waals surface area contributed by atoms with E-state index < -0.39 is 15.6 Å². The van der Waals surface area contributed by atoms with Crippen molar-refractivity contribution in [2.24, 2.45) is 11.8 Å². The number of sulfonamides is 1. The number of hydrogen-bond donors (Lipinski definition) is 1. The van der Waals surface area contributed by atoms with Crippen LogP contribution >= 0.6 is 0 Å². The first-order valence-electron chi connectivity index (χ1n) is 9.25. The average Bonchev–Trinajstić information content (AvgIpc) is 3.08. The summed E-state index contributed by atoms with van der Waals surface area (Å²) in [6.45, 7) is 4.92. The van der Waals surface area contributed by atoms with Gasteiger partial charge in [0.05, 0.1) is 17.6 Å². The van der Waals surface area contributed by atoms with Gasteiger partial charge in [-0.15, -0.1) is 0 Å². The van der Waals surface area contributed by atoms with Crippen molar-refractivity contribution in [2.45, 2.75) is 56.4 Å². The van der Waals surface area contributed by atoms with Gasteiger partial charge in [0.1, 0.15) is 5.75 Å². The van der Waals surface area contributed by atoms with Gasteiger partial charge in [-0.3, -0.25) is 0 Å². The van der Waals surface area contributed by atoms with Gasteiger partial charge in [-0.25, -0.2) is 8.42 Å². The molecule has 1 aromatic rings. The highest BCUT2D eigenvalue weighted by atomic mass is 32.2. The number of hydrogen-bond acceptors (Lipinski definition) is 4. The van der Waals surface area contributed by atoms with Gasteiger partial charge >= 0.3 is 0 Å². The molecule has 1 aliphatic carbocycles. The van der Waals surface area contributed by atoms with Crippen molar-refractivity contribution >= 4 is 10.0 Å². The molecular weight excluding hydrogens is 338 g/mol. The van der Waals surface area contributed by atoms with Crippen LogP contribution in [0.15, 0.2) is 23.1 Å². The second-order valence-electron chi connectivity index (χ2n) is 7.37. The number of methoxy groups -OCH3 is 1. The van der Waals surface area contributed by atoms with Gasteiger partial charge in [0, 0.05) is 19.0 Å². The minimum atomic E-state index is -3.55. The standard InChI is InChI=1S/C19H29NO4S/c1-4-14-11-16(8-9-18(14)24-3)25(22,23)20-12-15-7-6-10-19(21,5-2)17(15)13-20/h8-9,11,15,17,21H,4-7,10,12-13H2,1-3H3/t15-,17+,19-/m1/s1. The molecule has 3 atom stereocenters. The topological polar surface area (TPSA) is 66.8 Å². The SMILES string of the molecule is CCc1cc(S(=O)(=O)N2C[C@H]3CCC[C@](O)(CC)[C@H]3C2)ccc1OC. The molecule has 1 N–H and O–H groups in total. The molecule has 1 heterocycles. The van der Waals surface area contributed by atoms with Crippen LogP contribution in [0.1, 0.15) is 45.1 Å². The molecule has 0 bridgehead atoms. The third-order valence-electron chi connectivity index (χ3n) is 6.17. The van der Waals surface area contributed by atoms with Gasteiger partial charge in [-0.05, 0) is 55.4 Å². The molecule has 140 valence electrons. The number of nitrogens with zero attached hydrogens (tertiary/aromatic N) is 1. The van der Waals surface area contributed by atoms with Gasteiger partial charge in [0.15, 0.2) is 0 Å². The third kappa shape index (κ3) is 3.20. The zero-order valence-corrected chi connectivity index (χ0v) is 16.2. The van der Waals surface area contributed by atoms with Crippen molar-refractivity contribution < 1.29 is 18.3 Å². The summed E-state index contributed by atoms with van der Waals surface area (Å²) in [4.78, 5) is 0.323. The zero-order chi connectivity index (χ0) is 18.2. The Labute approximate surface area is 151 Å². The molecule has 1 aliphatic heterocycles. The van der Waals surface area contributed by atoms with Crippen molar-refractivity contribution in [1.29, 1.82) is 0 Å². The number of aryl methyl sites for hydroxylation is 1. The Kier molecular flexibility index (Phi) is 5.15. The van der Waals surface area contributed by atoms with Crippen molar-refractivity contribution in [2.75, 3.05) is 20.2 Å². The summed E-state index contributed by atoms with van der Waals surface area (Å²) >= 11 is 0. The predicted molar refractivity (Wildman–Crippen MR) is 97.2 cm³/mol. The van der Waals surface area contributed by atoms with E-state index in [2.05, 4.69) is 0 Å². The van der Waals surface area contributed by atoms with Crippen molar-refractivity contribution in [3.05, 3.63) is 23.8 Å². The molecule has 6 heteroatoms. The van der Waals surface area contributed by atoms with E-state index in [4.69, 9.17) is 4.74 Å². The van der Waals surface area contributed by atoms with Crippen LogP contribution in [-0.2, 0) is 16.4 Å². The maximum atomic E-state index is 13.1. The maximum absolute atomic E-state index is 13.1. The minimum Gasteiger partial charge on any atom is -0.496 e. The van der Waals surface area contributed by atoms with Crippen LogP contribution in [0.3, 0.4) is 0 Å². The van der Waals surface area contributed by atoms with Crippen LogP contribution in [0.2, 0.25) is 0 Å². The van der Waals surface area contributed by atoms with Gasteiger partial charge in [0.2, 0.25) is 10.0 Å². The number of rotatable bonds is 5. The summed E-state index contributed by atoms with van der Waals surface area (Å²) in [5, 5.41) is 10.9. The predicted octanol–water partition coefficient (Wildman–Crippen LogP) is 2.82. The first-order chi connectivity index (χ1) is 11.9. The van der Waals surface area contributed by atoms with E-state index >= 15 is 0 Å². The quantitative estimate of drug-likeness (QED) is 0.869. The first kappa shape index (κ1) is 18.7. The lowest BCUT2D eigenvalue weighted by Gasteiger charge is -2.40. The largest absolute Gasteiger partial charge is 0.496 e. The van der Waals surface area contributed by atoms with Gasteiger partial charge < -0.3 is 9.84 Å². The molecule has 5 nitrogen and oxygen atoms in total. The van der Waals surface area contributed by atoms with E-state index in [-0.39, 0.29) is 11.8 Å². The third-order valence-corrected chi connectivity index (χ3v) is 7.99. The highest BCUT2D eigenvalue weighted by molar-refractivity contribution is 7.89. The molecule has 2 aliphatic rings. The van der Waals surface area contributed by atoms with Crippen LogP contribution in [0.4, 0.5) is 0 Å². The Balaban J connectivity index is 1.89. The molecule has 1 aromatic carbocycles. The summed E-state index contributed by atoms with van der Waals surface area (Å²) in [5.41, 5.74) is 0.173. The van der Waals surface area contributed by atoms with E-state index in [9.17, 15) is 13.5 Å². The van der Waals surface area contributed by atoms with E-state index in [0.29, 0.717) is 30.8 Å². The fourth-order valence-corrected chi connectivity index (χ4v) is 6.14. The lowest BCUT2D eigenvalue weighted by molar-refractivity contribution is -0.0605. The molecule has 3 rings (SSSR count). The van der Waals surface area contributed by atoms with Crippen molar-refractivity contribution in [3.8, 4) is 5.75 Å². The molecule has 2 fully saturated rings. The zero-order valence-electron chi connectivity index (χ0n) is 15.4. The smallest absolute Gasteiger partial charge is 0.243 e. The molecule has 1 saturated heterocycles. The fourth-order valence-electron chi connectivity index (χ4n) is 4.56. The molecule has 1 saturated carbocycles. The highest BCUT2D eigenvalue weighted by Crippen LogP contribution is 2.45. The van der Waals surface area contributed by atoms with Crippen molar-refractivity contribution in [1.82, 2.24) is 4.31 Å². The maximum Gasteiger partial charge on any atom is 0.243 e. The summed E-state index contributed by atoms with van der Waals surface area (Å²) < 4.78 is 33.2. The first-order valence-corrected chi connectivity index (χ1v) is 10.7. The minimum absolute atomic E-state index is 0.0462. The Bertz CT molecular complexity index is 733. The van der Waals surface area contributed by atoms with Crippen LogP contribution < -0.4 is 4.74 Å². The molecule has 25 heavy (non-hydrogen) atoms. The Morgan fingerprint density at radius 2 is 2.08 bits per heavy atom. The van der Waals surface area contributed by atoms with Gasteiger partial charge in [0.25, 0.3) is 0 Å². The Morgan fingerprint density at radius 3 is 2.72 bits per heavy atom. The van der Waals surface area contributed by atoms with Crippen LogP contribution in [0.25, 0.3) is 0 Å². The Hall–Kier alpha value is -1.11. The fraction of sp³-hybridized carbons (Fsp3) is 0.684. The summed E-state index contributed by atoms with van der Waals surface area (Å²) in [6, 6.07) is 5.08. The van der Waals surface area contributed by atoms with E-state index in [0.717, 1.165) is 30.6 Å². The van der Waals surface area contributed by atoms with E-state index in [1.807, 2.05) is 13.8 Å². The average molecular weight is 368 g/mol. The van der Waals surface area contributed by atoms with Gasteiger partial charge in [-0.2, -0.15) is 4.31 Å². The summed E-state index contributed by atoms with van der Waals surface area (Å²) in [6.07, 6.45) is 4.16. The second-order valence-corrected chi connectivity index (χ2v) is 9.30. The van der Waals surface area contributed by atoms with Gasteiger partial charge in [-0.1, -0.05) is 20.3 Å². The molecular formula is C19H29NO4S. The summed E-state index contributed by atoms with van der Waals surface area (Å²) in [5.74, 6) is 1.03. The molecule has 0 aromatic heterocycles. The monoisotopic (exact) mass is 367 g/mol.